The Morgan fingerprint density at radius 1 is 0.584 bits per heavy atom. The first-order chi connectivity index (χ1) is 58.9. The van der Waals surface area contributed by atoms with Crippen molar-refractivity contribution < 1.29 is 107 Å². The number of phenolic OH excluding ortho intramolecular Hbond substituents is 3. The number of piperazine rings is 1. The lowest BCUT2D eigenvalue weighted by Crippen LogP contribution is -2.47. The number of fused-ring (bicyclic) bond motifs is 4. The van der Waals surface area contributed by atoms with Gasteiger partial charge in [-0.15, -0.1) is 0 Å². The number of pyridine rings is 1. The Bertz CT molecular complexity index is 6000. The molecule has 3 aromatic heterocycles. The minimum absolute atomic E-state index is 0.0185. The summed E-state index contributed by atoms with van der Waals surface area (Å²) in [5, 5.41) is 98.7. The fourth-order valence-corrected chi connectivity index (χ4v) is 17.8. The molecule has 0 radical (unpaired) electrons. The van der Waals surface area contributed by atoms with Crippen LogP contribution in [-0.2, 0) is 47.6 Å². The molecular formula is C94H115N7O24. The van der Waals surface area contributed by atoms with Crippen LogP contribution in [-0.4, -0.2) is 197 Å². The van der Waals surface area contributed by atoms with Crippen LogP contribution in [0.2, 0.25) is 0 Å². The molecule has 10 N–H and O–H groups in total. The average molecular weight is 1730 g/mol. The zero-order valence-corrected chi connectivity index (χ0v) is 74.4. The van der Waals surface area contributed by atoms with Gasteiger partial charge in [0.1, 0.15) is 68.8 Å². The number of imidazole rings is 1. The Balaban J connectivity index is 0.000000231. The van der Waals surface area contributed by atoms with Crippen LogP contribution >= 0.6 is 0 Å². The number of carbonyl (C=O) groups is 5. The molecular weight excluding hydrogens is 1610 g/mol. The topological polar surface area (TPSA) is 429 Å². The molecule has 8 aromatic rings. The number of methoxy groups -OCH3 is 2. The molecule has 31 nitrogen and oxygen atoms in total. The number of aromatic nitrogens is 3. The number of ether oxygens (including phenoxy) is 8. The third kappa shape index (κ3) is 17.6. The molecule has 18 atom stereocenters. The van der Waals surface area contributed by atoms with E-state index in [4.69, 9.17) is 52.3 Å². The quantitative estimate of drug-likeness (QED) is 0.0307. The van der Waals surface area contributed by atoms with E-state index in [1.165, 1.54) is 99.5 Å². The van der Waals surface area contributed by atoms with Crippen molar-refractivity contribution in [2.45, 2.75) is 192 Å². The summed E-state index contributed by atoms with van der Waals surface area (Å²) in [5.74, 6) is -13.4. The monoisotopic (exact) mass is 1730 g/mol. The van der Waals surface area contributed by atoms with E-state index in [0.717, 1.165) is 25.2 Å². The number of allylic oxidation sites excluding steroid dienone is 4. The molecule has 0 spiro atoms. The first-order valence-electron chi connectivity index (χ1n) is 42.1. The van der Waals surface area contributed by atoms with Gasteiger partial charge in [0.15, 0.2) is 28.2 Å². The lowest BCUT2D eigenvalue weighted by molar-refractivity contribution is -0.161. The van der Waals surface area contributed by atoms with Gasteiger partial charge in [0, 0.05) is 179 Å². The standard InChI is InChI=1S/C51H64N4O13.C43H51N3O11/c1-24(2)23-54-16-18-55(19-17-54)32-21-33(57)39-35(22-32)67-48-40(52-39)36-37-44(60)30(8)47-38(36)49(62)51(10,68-47)65-20-15-34(64-11)27(5)46(66-31(9)56)29(7)43(59)28(6)42(58)25(3)13-12-14-26(4)50(63)53-41(48)45(37)61;1-19-14-16-46-28(18-19)44-32-29-30-37(50)25(7)40-31(29)41(52)43(9,57-40)55-17-15-27(54-10)22(4)39(56-26(8)47)24(6)36(49)23(5)35(48)20(2)12-11-13-21(3)42(53)45-33(34(32)46)38(30)51/h12-15,20-22,24-25,27-29,34,42-43,46,58-60,62H,16-19,23H2,1-11H3,(H,53,63);11-18,20,22-24,27,35-36,39,48-51H,1-10H3,(H,45,53)/b13-12+,20-15+,26-14-;12-11+,17-15+,21-13-/t25-,27+,28+,29+,34-,42-,43+,46+,51-;20-,22+,23+,24+,27-,35-,36+,39+,43-/m00/s1. The Labute approximate surface area is 722 Å². The lowest BCUT2D eigenvalue weighted by Gasteiger charge is -2.38. The van der Waals surface area contributed by atoms with Crippen molar-refractivity contribution in [2.75, 3.05) is 62.5 Å². The van der Waals surface area contributed by atoms with Gasteiger partial charge in [0.2, 0.25) is 10.9 Å². The molecule has 5 aliphatic heterocycles. The summed E-state index contributed by atoms with van der Waals surface area (Å²) in [6.45, 7) is 35.5. The number of esters is 2. The minimum atomic E-state index is -1.98. The van der Waals surface area contributed by atoms with Crippen LogP contribution in [0.3, 0.4) is 0 Å². The maximum absolute atomic E-state index is 14.9. The van der Waals surface area contributed by atoms with Crippen molar-refractivity contribution in [1.82, 2.24) is 19.3 Å². The van der Waals surface area contributed by atoms with Gasteiger partial charge in [-0.05, 0) is 70.4 Å². The van der Waals surface area contributed by atoms with Gasteiger partial charge < -0.3 is 98.7 Å². The van der Waals surface area contributed by atoms with Gasteiger partial charge in [-0.1, -0.05) is 106 Å². The predicted molar refractivity (Wildman–Crippen MR) is 472 cm³/mol. The van der Waals surface area contributed by atoms with Crippen LogP contribution in [0, 0.1) is 74.0 Å². The molecule has 125 heavy (non-hydrogen) atoms. The normalized spacial score (nSPS) is 30.1. The molecule has 1 fully saturated rings. The van der Waals surface area contributed by atoms with Crippen molar-refractivity contribution in [1.29, 1.82) is 0 Å². The number of aryl methyl sites for hydroxylation is 1. The number of hydrogen-bond donors (Lipinski definition) is 10. The van der Waals surface area contributed by atoms with Crippen LogP contribution in [0.15, 0.2) is 117 Å². The summed E-state index contributed by atoms with van der Waals surface area (Å²) in [6.07, 6.45) is 9.19. The molecule has 8 bridgehead atoms. The third-order valence-corrected chi connectivity index (χ3v) is 25.3. The minimum Gasteiger partial charge on any atom is -0.507 e. The highest BCUT2D eigenvalue weighted by atomic mass is 16.7. The number of benzene rings is 5. The molecule has 1 saturated heterocycles. The highest BCUT2D eigenvalue weighted by Gasteiger charge is 2.51. The fourth-order valence-electron chi connectivity index (χ4n) is 17.8. The Kier molecular flexibility index (Phi) is 27.2. The Morgan fingerprint density at radius 2 is 1.10 bits per heavy atom. The van der Waals surface area contributed by atoms with E-state index in [1.807, 2.05) is 19.1 Å². The maximum Gasteiger partial charge on any atom is 0.312 e. The molecule has 31 heteroatoms. The van der Waals surface area contributed by atoms with E-state index in [0.29, 0.717) is 30.3 Å². The summed E-state index contributed by atoms with van der Waals surface area (Å²) >= 11 is 0. The number of anilines is 3. The zero-order chi connectivity index (χ0) is 91.5. The first-order valence-corrected chi connectivity index (χ1v) is 42.1. The largest absolute Gasteiger partial charge is 0.507 e. The number of ketones is 1. The Morgan fingerprint density at radius 3 is 1.62 bits per heavy atom. The van der Waals surface area contributed by atoms with E-state index in [2.05, 4.69) is 34.3 Å². The number of amides is 2. The summed E-state index contributed by atoms with van der Waals surface area (Å²) in [7, 11) is 2.90. The second-order valence-electron chi connectivity index (χ2n) is 34.8. The number of nitrogens with one attached hydrogen (secondary N) is 2. The third-order valence-electron chi connectivity index (χ3n) is 25.3. The van der Waals surface area contributed by atoms with Gasteiger partial charge in [0.05, 0.1) is 70.7 Å². The van der Waals surface area contributed by atoms with Crippen molar-refractivity contribution in [2.24, 2.45) is 53.3 Å². The van der Waals surface area contributed by atoms with Gasteiger partial charge in [-0.2, -0.15) is 0 Å². The number of Topliss-reactive ketones (excluding diaryl/α,β-unsaturated/α-hetero) is 1. The van der Waals surface area contributed by atoms with Crippen molar-refractivity contribution in [3.8, 4) is 28.7 Å². The van der Waals surface area contributed by atoms with E-state index in [1.54, 1.807) is 109 Å². The second-order valence-corrected chi connectivity index (χ2v) is 34.8. The number of hydrogen-bond acceptors (Lipinski definition) is 28. The van der Waals surface area contributed by atoms with Crippen LogP contribution in [0.1, 0.15) is 138 Å². The molecule has 670 valence electrons. The van der Waals surface area contributed by atoms with Crippen LogP contribution in [0.25, 0.3) is 66.2 Å². The number of rotatable bonds is 7. The number of aliphatic hydroxyl groups is 5. The highest BCUT2D eigenvalue weighted by Crippen LogP contribution is 2.55. The average Bonchev–Trinajstić information content (AvgIpc) is 1.29. The van der Waals surface area contributed by atoms with E-state index >= 15 is 0 Å². The SMILES string of the molecule is CO[C@H]1/C=C/O[C@@]2(C)Oc3c(C)c(O)c4c(=O)c(c5oc6cc(N7CCN(CC(C)C)CC7)cc(=O)c6nc5c4c3=C2O)NC(=O)/C(C)=C\C=C\[C@H](C)[C@H](O)[C@@H](C)[C@@H](O)[C@@H](C)[C@H](OC(C)=O)[C@@H]1C.CO[C@H]1/C=C/O[C@@]2(C)Oc3c(C)c(O)c4c(O)c(c5c(nc6cc(C)ccn65)c4c3C2=O)NC(=O)/C(C)=C\C=C\[C@H](C)[C@H](O)[C@@H](C)[C@@H](O)[C@@H](C)[C@H](OC(C)=O)[C@@H]1C. The van der Waals surface area contributed by atoms with Gasteiger partial charge in [0.25, 0.3) is 17.6 Å². The first kappa shape index (κ1) is 92.7. The van der Waals surface area contributed by atoms with Crippen LogP contribution in [0.4, 0.5) is 17.1 Å². The predicted octanol–water partition coefficient (Wildman–Crippen LogP) is 11.5. The molecule has 5 aromatic carbocycles. The summed E-state index contributed by atoms with van der Waals surface area (Å²) in [5.41, 5.74) is 0.832. The zero-order valence-electron chi connectivity index (χ0n) is 74.4. The molecule has 5 aliphatic rings. The number of aliphatic hydroxyl groups excluding tert-OH is 5. The summed E-state index contributed by atoms with van der Waals surface area (Å²) < 4.78 is 56.0. The molecule has 13 rings (SSSR count). The number of nitrogens with zero attached hydrogens (tertiary/aromatic N) is 5. The Hall–Kier alpha value is -11.5. The molecule has 0 saturated carbocycles. The highest BCUT2D eigenvalue weighted by molar-refractivity contribution is 6.28. The lowest BCUT2D eigenvalue weighted by atomic mass is 9.78. The van der Waals surface area contributed by atoms with Gasteiger partial charge in [-0.3, -0.25) is 42.9 Å². The molecule has 0 unspecified atom stereocenters. The van der Waals surface area contributed by atoms with Crippen LogP contribution in [0.5, 0.6) is 28.7 Å². The maximum atomic E-state index is 14.9. The van der Waals surface area contributed by atoms with E-state index < -0.39 is 165 Å². The summed E-state index contributed by atoms with van der Waals surface area (Å²) in [4.78, 5) is 110. The number of aromatic hydroxyl groups is 3. The van der Waals surface area contributed by atoms with Crippen molar-refractivity contribution in [3.05, 3.63) is 151 Å². The molecule has 0 aliphatic carbocycles. The van der Waals surface area contributed by atoms with Gasteiger partial charge in [-0.25, -0.2) is 9.97 Å². The van der Waals surface area contributed by atoms with E-state index in [-0.39, 0.29) is 116 Å². The molecule has 2 amide bonds. The van der Waals surface area contributed by atoms with E-state index in [9.17, 15) is 74.4 Å². The molecule has 8 heterocycles. The van der Waals surface area contributed by atoms with Gasteiger partial charge >= 0.3 is 23.5 Å². The summed E-state index contributed by atoms with van der Waals surface area (Å²) in [6, 6.07) is 6.79. The van der Waals surface area contributed by atoms with Crippen molar-refractivity contribution in [3.63, 3.8) is 0 Å². The fraction of sp³-hybridized carbons (Fsp3) is 0.479. The van der Waals surface area contributed by atoms with Crippen LogP contribution < -0.4 is 41.1 Å². The number of phenols is 3. The smallest absolute Gasteiger partial charge is 0.312 e. The van der Waals surface area contributed by atoms with Crippen molar-refractivity contribution >= 4 is 113 Å². The number of carbonyl (C=O) groups excluding carboxylic acids is 5. The second kappa shape index (κ2) is 36.6.